The van der Waals surface area contributed by atoms with Crippen LogP contribution < -0.4 is 5.32 Å². The van der Waals surface area contributed by atoms with Crippen molar-refractivity contribution < 1.29 is 13.2 Å². The number of amides is 1. The van der Waals surface area contributed by atoms with Gasteiger partial charge in [-0.1, -0.05) is 19.4 Å². The second-order valence-electron chi connectivity index (χ2n) is 3.05. The normalized spacial score (nSPS) is 13.4. The van der Waals surface area contributed by atoms with Crippen LogP contribution in [0.2, 0.25) is 0 Å². The van der Waals surface area contributed by atoms with Gasteiger partial charge >= 0.3 is 0 Å². The summed E-state index contributed by atoms with van der Waals surface area (Å²) in [6.45, 7) is 5.33. The van der Waals surface area contributed by atoms with Crippen molar-refractivity contribution in [2.75, 3.05) is 11.5 Å². The van der Waals surface area contributed by atoms with E-state index in [1.54, 1.807) is 6.92 Å². The van der Waals surface area contributed by atoms with Gasteiger partial charge in [0.15, 0.2) is 9.84 Å². The highest BCUT2D eigenvalue weighted by Gasteiger charge is 2.12. The summed E-state index contributed by atoms with van der Waals surface area (Å²) in [7, 11) is -3.08. The number of hydrogen-bond donors (Lipinski definition) is 1. The number of allylic oxidation sites excluding steroid dienone is 1. The maximum absolute atomic E-state index is 11.3. The third kappa shape index (κ3) is 4.41. The van der Waals surface area contributed by atoms with Gasteiger partial charge in [-0.25, -0.2) is 8.42 Å². The minimum Gasteiger partial charge on any atom is -0.331 e. The minimum absolute atomic E-state index is 0.0814. The van der Waals surface area contributed by atoms with Gasteiger partial charge in [-0.05, 0) is 13.3 Å². The highest BCUT2D eigenvalue weighted by Crippen LogP contribution is 2.07. The average molecular weight is 219 g/mol. The van der Waals surface area contributed by atoms with E-state index in [0.29, 0.717) is 12.1 Å². The molecule has 0 atom stereocenters. The van der Waals surface area contributed by atoms with Crippen LogP contribution in [0.1, 0.15) is 27.2 Å². The van der Waals surface area contributed by atoms with E-state index in [1.807, 2.05) is 13.8 Å². The summed E-state index contributed by atoms with van der Waals surface area (Å²) in [5, 5.41) is 2.44. The van der Waals surface area contributed by atoms with Gasteiger partial charge in [-0.3, -0.25) is 4.79 Å². The number of sulfone groups is 1. The second-order valence-corrected chi connectivity index (χ2v) is 5.40. The first-order valence-corrected chi connectivity index (χ1v) is 6.38. The van der Waals surface area contributed by atoms with Gasteiger partial charge in [0.2, 0.25) is 6.41 Å². The molecule has 82 valence electrons. The van der Waals surface area contributed by atoms with E-state index in [-0.39, 0.29) is 11.5 Å². The van der Waals surface area contributed by atoms with Gasteiger partial charge in [0.25, 0.3) is 0 Å². The van der Waals surface area contributed by atoms with Gasteiger partial charge in [0.1, 0.15) is 0 Å². The molecule has 0 heterocycles. The fourth-order valence-corrected chi connectivity index (χ4v) is 1.87. The van der Waals surface area contributed by atoms with Crippen molar-refractivity contribution in [3.8, 4) is 0 Å². The standard InChI is InChI=1S/C9H17NO3S/c1-4-8(3)9(10-7-11)6-14(12,13)5-2/h7H,4-6H2,1-3H3,(H,10,11)/b9-8-. The van der Waals surface area contributed by atoms with Gasteiger partial charge < -0.3 is 5.32 Å². The Morgan fingerprint density at radius 3 is 2.29 bits per heavy atom. The molecule has 0 aromatic rings. The van der Waals surface area contributed by atoms with Crippen LogP contribution in [0.15, 0.2) is 11.3 Å². The smallest absolute Gasteiger partial charge is 0.211 e. The predicted octanol–water partition coefficient (Wildman–Crippen LogP) is 0.851. The first kappa shape index (κ1) is 13.2. The molecule has 4 nitrogen and oxygen atoms in total. The van der Waals surface area contributed by atoms with E-state index in [4.69, 9.17) is 0 Å². The Hall–Kier alpha value is -0.840. The van der Waals surface area contributed by atoms with Crippen molar-refractivity contribution in [1.29, 1.82) is 0 Å². The Kier molecular flexibility index (Phi) is 5.45. The van der Waals surface area contributed by atoms with Crippen molar-refractivity contribution in [1.82, 2.24) is 5.32 Å². The first-order valence-electron chi connectivity index (χ1n) is 4.56. The molecule has 0 aliphatic carbocycles. The largest absolute Gasteiger partial charge is 0.331 e. The molecule has 14 heavy (non-hydrogen) atoms. The molecule has 0 saturated carbocycles. The van der Waals surface area contributed by atoms with Crippen molar-refractivity contribution >= 4 is 16.2 Å². The fraction of sp³-hybridized carbons (Fsp3) is 0.667. The third-order valence-corrected chi connectivity index (χ3v) is 3.69. The molecule has 1 N–H and O–H groups in total. The molecule has 0 aliphatic heterocycles. The van der Waals surface area contributed by atoms with Crippen LogP contribution in [0.3, 0.4) is 0 Å². The Labute approximate surface area is 85.3 Å². The van der Waals surface area contributed by atoms with E-state index in [2.05, 4.69) is 5.32 Å². The number of carbonyl (C=O) groups is 1. The summed E-state index contributed by atoms with van der Waals surface area (Å²) in [5.74, 6) is 0.00987. The molecule has 0 aromatic heterocycles. The Bertz CT molecular complexity index is 317. The third-order valence-electron chi connectivity index (χ3n) is 2.08. The second kappa shape index (κ2) is 5.80. The van der Waals surface area contributed by atoms with Gasteiger partial charge in [0.05, 0.1) is 5.75 Å². The van der Waals surface area contributed by atoms with E-state index in [0.717, 1.165) is 12.0 Å². The quantitative estimate of drug-likeness (QED) is 0.674. The van der Waals surface area contributed by atoms with Crippen LogP contribution in [-0.2, 0) is 14.6 Å². The SMILES string of the molecule is CC/C(C)=C(/CS(=O)(=O)CC)NC=O. The van der Waals surface area contributed by atoms with Crippen LogP contribution >= 0.6 is 0 Å². The predicted molar refractivity (Wildman–Crippen MR) is 56.5 cm³/mol. The van der Waals surface area contributed by atoms with Crippen molar-refractivity contribution in [3.05, 3.63) is 11.3 Å². The van der Waals surface area contributed by atoms with Crippen LogP contribution in [-0.4, -0.2) is 26.3 Å². The van der Waals surface area contributed by atoms with E-state index in [9.17, 15) is 13.2 Å². The van der Waals surface area contributed by atoms with Crippen molar-refractivity contribution in [2.24, 2.45) is 0 Å². The zero-order valence-corrected chi connectivity index (χ0v) is 9.65. The number of carbonyl (C=O) groups excluding carboxylic acids is 1. The molecule has 0 bridgehead atoms. The van der Waals surface area contributed by atoms with Crippen LogP contribution in [0.5, 0.6) is 0 Å². The summed E-state index contributed by atoms with van der Waals surface area (Å²) < 4.78 is 22.6. The highest BCUT2D eigenvalue weighted by molar-refractivity contribution is 7.91. The first-order chi connectivity index (χ1) is 6.46. The van der Waals surface area contributed by atoms with Gasteiger partial charge in [-0.2, -0.15) is 0 Å². The topological polar surface area (TPSA) is 63.2 Å². The van der Waals surface area contributed by atoms with Crippen LogP contribution in [0.4, 0.5) is 0 Å². The molecule has 0 spiro atoms. The van der Waals surface area contributed by atoms with Crippen molar-refractivity contribution in [2.45, 2.75) is 27.2 Å². The molecule has 1 amide bonds. The minimum atomic E-state index is -3.08. The molecule has 0 saturated heterocycles. The Balaban J connectivity index is 4.80. The van der Waals surface area contributed by atoms with Crippen LogP contribution in [0.25, 0.3) is 0 Å². The molecule has 0 aliphatic rings. The lowest BCUT2D eigenvalue weighted by atomic mass is 10.2. The average Bonchev–Trinajstić information content (AvgIpc) is 2.16. The maximum Gasteiger partial charge on any atom is 0.211 e. The molecule has 0 unspecified atom stereocenters. The zero-order valence-electron chi connectivity index (χ0n) is 8.83. The van der Waals surface area contributed by atoms with E-state index >= 15 is 0 Å². The maximum atomic E-state index is 11.3. The monoisotopic (exact) mass is 219 g/mol. The summed E-state index contributed by atoms with van der Waals surface area (Å²) in [4.78, 5) is 10.3. The lowest BCUT2D eigenvalue weighted by Crippen LogP contribution is -2.22. The van der Waals surface area contributed by atoms with Gasteiger partial charge in [-0.15, -0.1) is 0 Å². The van der Waals surface area contributed by atoms with Crippen LogP contribution in [0, 0.1) is 0 Å². The summed E-state index contributed by atoms with van der Waals surface area (Å²) in [6, 6.07) is 0. The van der Waals surface area contributed by atoms with Gasteiger partial charge in [0, 0.05) is 11.4 Å². The Morgan fingerprint density at radius 1 is 1.36 bits per heavy atom. The molecule has 0 rings (SSSR count). The van der Waals surface area contributed by atoms with Crippen molar-refractivity contribution in [3.63, 3.8) is 0 Å². The fourth-order valence-electron chi connectivity index (χ4n) is 0.895. The zero-order chi connectivity index (χ0) is 11.2. The summed E-state index contributed by atoms with van der Waals surface area (Å²) >= 11 is 0. The molecule has 0 radical (unpaired) electrons. The summed E-state index contributed by atoms with van der Waals surface area (Å²) in [6.07, 6.45) is 1.25. The number of rotatable bonds is 6. The number of nitrogens with one attached hydrogen (secondary N) is 1. The summed E-state index contributed by atoms with van der Waals surface area (Å²) in [5.41, 5.74) is 1.40. The molecular weight excluding hydrogens is 202 g/mol. The Morgan fingerprint density at radius 2 is 1.93 bits per heavy atom. The molecule has 5 heteroatoms. The highest BCUT2D eigenvalue weighted by atomic mass is 32.2. The lowest BCUT2D eigenvalue weighted by molar-refractivity contribution is -0.108. The molecular formula is C9H17NO3S. The van der Waals surface area contributed by atoms with E-state index < -0.39 is 9.84 Å². The molecule has 0 aromatic carbocycles. The van der Waals surface area contributed by atoms with E-state index in [1.165, 1.54) is 0 Å². The number of hydrogen-bond acceptors (Lipinski definition) is 3. The molecule has 0 fully saturated rings. The lowest BCUT2D eigenvalue weighted by Gasteiger charge is -2.09.